The van der Waals surface area contributed by atoms with Crippen molar-refractivity contribution in [2.45, 2.75) is 38.1 Å². The SMILES string of the molecule is O=C1CC[C@@H]2NC(=O)CC[C@H]2C1. The van der Waals surface area contributed by atoms with Crippen molar-refractivity contribution in [1.29, 1.82) is 0 Å². The second kappa shape index (κ2) is 2.88. The fraction of sp³-hybridized carbons (Fsp3) is 0.778. The Kier molecular flexibility index (Phi) is 1.87. The zero-order valence-electron chi connectivity index (χ0n) is 7.01. The van der Waals surface area contributed by atoms with Crippen molar-refractivity contribution in [2.24, 2.45) is 5.92 Å². The van der Waals surface area contributed by atoms with E-state index in [0.717, 1.165) is 12.8 Å². The van der Waals surface area contributed by atoms with Crippen LogP contribution in [0, 0.1) is 5.92 Å². The minimum absolute atomic E-state index is 0.158. The molecule has 2 aliphatic rings. The maximum absolute atomic E-state index is 11.1. The predicted octanol–water partition coefficient (Wildman–Crippen LogP) is 0.634. The van der Waals surface area contributed by atoms with E-state index >= 15 is 0 Å². The van der Waals surface area contributed by atoms with Crippen molar-refractivity contribution >= 4 is 11.7 Å². The number of nitrogens with one attached hydrogen (secondary N) is 1. The summed E-state index contributed by atoms with van der Waals surface area (Å²) in [6.45, 7) is 0. The number of carbonyl (C=O) groups is 2. The highest BCUT2D eigenvalue weighted by atomic mass is 16.1. The largest absolute Gasteiger partial charge is 0.353 e. The van der Waals surface area contributed by atoms with Gasteiger partial charge in [0.05, 0.1) is 0 Å². The Balaban J connectivity index is 2.02. The third kappa shape index (κ3) is 1.36. The number of Topliss-reactive ketones (excluding diaryl/α,β-unsaturated/α-hetero) is 1. The van der Waals surface area contributed by atoms with Crippen molar-refractivity contribution in [3.05, 3.63) is 0 Å². The van der Waals surface area contributed by atoms with E-state index in [1.165, 1.54) is 0 Å². The Bertz CT molecular complexity index is 201. The van der Waals surface area contributed by atoms with Crippen LogP contribution in [0.15, 0.2) is 0 Å². The number of hydrogen-bond donors (Lipinski definition) is 1. The van der Waals surface area contributed by atoms with Gasteiger partial charge >= 0.3 is 0 Å². The molecule has 2 fully saturated rings. The van der Waals surface area contributed by atoms with Gasteiger partial charge in [0.1, 0.15) is 5.78 Å². The van der Waals surface area contributed by atoms with Gasteiger partial charge in [-0.15, -0.1) is 0 Å². The Hall–Kier alpha value is -0.860. The lowest BCUT2D eigenvalue weighted by Crippen LogP contribution is -2.47. The fourth-order valence-electron chi connectivity index (χ4n) is 2.18. The van der Waals surface area contributed by atoms with Crippen molar-refractivity contribution in [3.8, 4) is 0 Å². The number of fused-ring (bicyclic) bond motifs is 1. The first-order valence-corrected chi connectivity index (χ1v) is 4.57. The molecule has 1 N–H and O–H groups in total. The summed E-state index contributed by atoms with van der Waals surface area (Å²) in [6.07, 6.45) is 3.71. The van der Waals surface area contributed by atoms with E-state index in [-0.39, 0.29) is 5.91 Å². The van der Waals surface area contributed by atoms with Crippen LogP contribution in [-0.4, -0.2) is 17.7 Å². The number of rotatable bonds is 0. The average molecular weight is 167 g/mol. The molecule has 0 unspecified atom stereocenters. The van der Waals surface area contributed by atoms with Gasteiger partial charge in [0.25, 0.3) is 0 Å². The maximum atomic E-state index is 11.1. The van der Waals surface area contributed by atoms with Gasteiger partial charge in [-0.05, 0) is 18.8 Å². The van der Waals surface area contributed by atoms with Gasteiger partial charge in [-0.1, -0.05) is 0 Å². The molecule has 66 valence electrons. The van der Waals surface area contributed by atoms with E-state index < -0.39 is 0 Å². The van der Waals surface area contributed by atoms with E-state index in [0.29, 0.717) is 37.0 Å². The van der Waals surface area contributed by atoms with E-state index in [1.54, 1.807) is 0 Å². The third-order valence-corrected chi connectivity index (χ3v) is 2.88. The molecule has 1 heterocycles. The van der Waals surface area contributed by atoms with Gasteiger partial charge in [-0.25, -0.2) is 0 Å². The molecule has 2 atom stereocenters. The molecule has 0 aromatic carbocycles. The summed E-state index contributed by atoms with van der Waals surface area (Å²) < 4.78 is 0. The normalized spacial score (nSPS) is 35.7. The van der Waals surface area contributed by atoms with Crippen molar-refractivity contribution in [3.63, 3.8) is 0 Å². The van der Waals surface area contributed by atoms with Crippen LogP contribution < -0.4 is 5.32 Å². The molecule has 1 saturated heterocycles. The molecule has 0 aromatic heterocycles. The predicted molar refractivity (Wildman–Crippen MR) is 43.5 cm³/mol. The summed E-state index contributed by atoms with van der Waals surface area (Å²) in [7, 11) is 0. The molecule has 0 bridgehead atoms. The molecule has 1 saturated carbocycles. The molecule has 1 aliphatic carbocycles. The molecule has 12 heavy (non-hydrogen) atoms. The lowest BCUT2D eigenvalue weighted by molar-refractivity contribution is -0.129. The first-order valence-electron chi connectivity index (χ1n) is 4.57. The second-order valence-corrected chi connectivity index (χ2v) is 3.75. The topological polar surface area (TPSA) is 46.2 Å². The van der Waals surface area contributed by atoms with Gasteiger partial charge < -0.3 is 5.32 Å². The van der Waals surface area contributed by atoms with Gasteiger partial charge in [-0.3, -0.25) is 9.59 Å². The summed E-state index contributed by atoms with van der Waals surface area (Å²) in [5.41, 5.74) is 0. The molecular weight excluding hydrogens is 154 g/mol. The van der Waals surface area contributed by atoms with Crippen LogP contribution in [-0.2, 0) is 9.59 Å². The van der Waals surface area contributed by atoms with E-state index in [4.69, 9.17) is 0 Å². The zero-order valence-corrected chi connectivity index (χ0v) is 7.01. The van der Waals surface area contributed by atoms with Crippen LogP contribution in [0.1, 0.15) is 32.1 Å². The minimum atomic E-state index is 0.158. The fourth-order valence-corrected chi connectivity index (χ4v) is 2.18. The number of hydrogen-bond acceptors (Lipinski definition) is 2. The zero-order chi connectivity index (χ0) is 8.55. The molecule has 3 nitrogen and oxygen atoms in total. The smallest absolute Gasteiger partial charge is 0.220 e. The molecule has 0 radical (unpaired) electrons. The summed E-state index contributed by atoms with van der Waals surface area (Å²) in [5.74, 6) is 0.960. The van der Waals surface area contributed by atoms with Crippen LogP contribution in [0.3, 0.4) is 0 Å². The maximum Gasteiger partial charge on any atom is 0.220 e. The molecule has 3 heteroatoms. The van der Waals surface area contributed by atoms with E-state index in [1.807, 2.05) is 0 Å². The molecule has 1 amide bonds. The number of ketones is 1. The van der Waals surface area contributed by atoms with Crippen LogP contribution in [0.2, 0.25) is 0 Å². The molecule has 0 spiro atoms. The summed E-state index contributed by atoms with van der Waals surface area (Å²) in [6, 6.07) is 0.295. The highest BCUT2D eigenvalue weighted by Crippen LogP contribution is 2.28. The Morgan fingerprint density at radius 2 is 2.00 bits per heavy atom. The molecule has 2 rings (SSSR count). The summed E-state index contributed by atoms with van der Waals surface area (Å²) >= 11 is 0. The third-order valence-electron chi connectivity index (χ3n) is 2.88. The molecule has 0 aromatic rings. The van der Waals surface area contributed by atoms with Crippen LogP contribution in [0.5, 0.6) is 0 Å². The van der Waals surface area contributed by atoms with E-state index in [9.17, 15) is 9.59 Å². The Labute approximate surface area is 71.5 Å². The van der Waals surface area contributed by atoms with Crippen molar-refractivity contribution in [2.75, 3.05) is 0 Å². The minimum Gasteiger partial charge on any atom is -0.353 e. The van der Waals surface area contributed by atoms with Crippen LogP contribution in [0.4, 0.5) is 0 Å². The van der Waals surface area contributed by atoms with Crippen LogP contribution >= 0.6 is 0 Å². The lowest BCUT2D eigenvalue weighted by Gasteiger charge is -2.35. The van der Waals surface area contributed by atoms with Gasteiger partial charge in [-0.2, -0.15) is 0 Å². The van der Waals surface area contributed by atoms with Crippen LogP contribution in [0.25, 0.3) is 0 Å². The number of carbonyl (C=O) groups excluding carboxylic acids is 2. The quantitative estimate of drug-likeness (QED) is 0.575. The standard InChI is InChI=1S/C9H13NO2/c11-7-2-3-8-6(5-7)1-4-9(12)10-8/h6,8H,1-5H2,(H,10,12)/t6-,8-/m0/s1. The first kappa shape index (κ1) is 7.77. The van der Waals surface area contributed by atoms with Crippen molar-refractivity contribution in [1.82, 2.24) is 5.32 Å². The monoisotopic (exact) mass is 167 g/mol. The number of piperidine rings is 1. The highest BCUT2D eigenvalue weighted by Gasteiger charge is 2.33. The highest BCUT2D eigenvalue weighted by molar-refractivity contribution is 5.82. The molecule has 1 aliphatic heterocycles. The van der Waals surface area contributed by atoms with Gasteiger partial charge in [0.2, 0.25) is 5.91 Å². The molecular formula is C9H13NO2. The second-order valence-electron chi connectivity index (χ2n) is 3.75. The Morgan fingerprint density at radius 3 is 2.83 bits per heavy atom. The Morgan fingerprint density at radius 1 is 1.17 bits per heavy atom. The average Bonchev–Trinajstić information content (AvgIpc) is 2.05. The summed E-state index contributed by atoms with van der Waals surface area (Å²) in [5, 5.41) is 2.95. The van der Waals surface area contributed by atoms with Gasteiger partial charge in [0.15, 0.2) is 0 Å². The van der Waals surface area contributed by atoms with Crippen molar-refractivity contribution < 1.29 is 9.59 Å². The summed E-state index contributed by atoms with van der Waals surface area (Å²) in [4.78, 5) is 22.1. The lowest BCUT2D eigenvalue weighted by atomic mass is 9.79. The van der Waals surface area contributed by atoms with Gasteiger partial charge in [0, 0.05) is 25.3 Å². The number of amides is 1. The first-order chi connectivity index (χ1) is 5.75. The van der Waals surface area contributed by atoms with E-state index in [2.05, 4.69) is 5.32 Å².